The van der Waals surface area contributed by atoms with Crippen LogP contribution in [-0.2, 0) is 26.2 Å². The van der Waals surface area contributed by atoms with Crippen molar-refractivity contribution in [2.75, 3.05) is 18.0 Å². The van der Waals surface area contributed by atoms with Crippen molar-refractivity contribution in [3.8, 4) is 5.75 Å². The lowest BCUT2D eigenvalue weighted by Crippen LogP contribution is -2.54. The first-order valence-electron chi connectivity index (χ1n) is 12.4. The number of anilines is 1. The van der Waals surface area contributed by atoms with Gasteiger partial charge in [0.25, 0.3) is 10.0 Å². The minimum absolute atomic E-state index is 0.0252. The third-order valence-corrected chi connectivity index (χ3v) is 7.67. The molecule has 3 aromatic carbocycles. The number of rotatable bonds is 10. The van der Waals surface area contributed by atoms with Crippen LogP contribution in [0.25, 0.3) is 0 Å². The number of sulfonamides is 1. The molecule has 0 aliphatic heterocycles. The Balaban J connectivity index is 2.03. The zero-order chi connectivity index (χ0) is 28.8. The number of carbonyl (C=O) groups excluding carboxylic acids is 2. The smallest absolute Gasteiger partial charge is 0.264 e. The highest BCUT2D eigenvalue weighted by molar-refractivity contribution is 7.92. The molecule has 2 amide bonds. The second kappa shape index (κ2) is 12.3. The van der Waals surface area contributed by atoms with Gasteiger partial charge >= 0.3 is 0 Å². The van der Waals surface area contributed by atoms with Crippen molar-refractivity contribution < 1.29 is 27.1 Å². The maximum atomic E-state index is 13.9. The van der Waals surface area contributed by atoms with Crippen molar-refractivity contribution in [3.05, 3.63) is 90.2 Å². The van der Waals surface area contributed by atoms with E-state index in [0.717, 1.165) is 16.4 Å². The zero-order valence-corrected chi connectivity index (χ0v) is 23.5. The first-order valence-corrected chi connectivity index (χ1v) is 13.8. The summed E-state index contributed by atoms with van der Waals surface area (Å²) in [5.41, 5.74) is 0.256. The van der Waals surface area contributed by atoms with Gasteiger partial charge in [-0.15, -0.1) is 0 Å². The molecule has 0 saturated heterocycles. The Hall–Kier alpha value is -3.92. The van der Waals surface area contributed by atoms with Crippen LogP contribution in [0.5, 0.6) is 5.75 Å². The molecule has 3 rings (SSSR count). The van der Waals surface area contributed by atoms with Gasteiger partial charge in [0.05, 0.1) is 17.7 Å². The predicted octanol–water partition coefficient (Wildman–Crippen LogP) is 4.36. The number of benzene rings is 3. The number of nitrogens with one attached hydrogen (secondary N) is 1. The van der Waals surface area contributed by atoms with Gasteiger partial charge in [0.2, 0.25) is 11.8 Å². The second-order valence-electron chi connectivity index (χ2n) is 10.1. The van der Waals surface area contributed by atoms with E-state index in [1.807, 2.05) is 20.8 Å². The van der Waals surface area contributed by atoms with Crippen LogP contribution in [0.4, 0.5) is 10.1 Å². The van der Waals surface area contributed by atoms with Crippen LogP contribution in [0.15, 0.2) is 83.8 Å². The Bertz CT molecular complexity index is 1390. The topological polar surface area (TPSA) is 96.0 Å². The van der Waals surface area contributed by atoms with Gasteiger partial charge in [-0.1, -0.05) is 30.3 Å². The lowest BCUT2D eigenvalue weighted by atomic mass is 10.1. The summed E-state index contributed by atoms with van der Waals surface area (Å²) >= 11 is 0. The van der Waals surface area contributed by atoms with E-state index in [9.17, 15) is 22.4 Å². The molecule has 0 saturated carbocycles. The molecule has 1 N–H and O–H groups in total. The van der Waals surface area contributed by atoms with Crippen LogP contribution >= 0.6 is 0 Å². The maximum absolute atomic E-state index is 13.9. The second-order valence-corrected chi connectivity index (χ2v) is 12.0. The molecule has 1 atom stereocenters. The van der Waals surface area contributed by atoms with Crippen molar-refractivity contribution in [1.29, 1.82) is 0 Å². The number of carbonyl (C=O) groups is 2. The normalized spacial score (nSPS) is 12.4. The highest BCUT2D eigenvalue weighted by Gasteiger charge is 2.33. The molecule has 0 heterocycles. The molecular formula is C29H34FN3O5S. The maximum Gasteiger partial charge on any atom is 0.264 e. The van der Waals surface area contributed by atoms with E-state index in [2.05, 4.69) is 5.32 Å². The van der Waals surface area contributed by atoms with Crippen LogP contribution < -0.4 is 14.4 Å². The van der Waals surface area contributed by atoms with E-state index in [-0.39, 0.29) is 17.1 Å². The van der Waals surface area contributed by atoms with Gasteiger partial charge in [0.15, 0.2) is 0 Å². The molecular weight excluding hydrogens is 521 g/mol. The molecule has 39 heavy (non-hydrogen) atoms. The third kappa shape index (κ3) is 7.79. The van der Waals surface area contributed by atoms with Gasteiger partial charge in [0, 0.05) is 12.1 Å². The summed E-state index contributed by atoms with van der Waals surface area (Å²) in [5, 5.41) is 2.88. The highest BCUT2D eigenvalue weighted by atomic mass is 32.2. The largest absolute Gasteiger partial charge is 0.497 e. The quantitative estimate of drug-likeness (QED) is 0.401. The fourth-order valence-electron chi connectivity index (χ4n) is 3.88. The minimum atomic E-state index is -4.21. The number of halogens is 1. The van der Waals surface area contributed by atoms with E-state index in [1.165, 1.54) is 36.3 Å². The monoisotopic (exact) mass is 555 g/mol. The van der Waals surface area contributed by atoms with E-state index in [0.29, 0.717) is 11.3 Å². The van der Waals surface area contributed by atoms with Crippen molar-refractivity contribution in [2.45, 2.75) is 50.7 Å². The summed E-state index contributed by atoms with van der Waals surface area (Å²) < 4.78 is 47.3. The molecule has 0 spiro atoms. The van der Waals surface area contributed by atoms with E-state index >= 15 is 0 Å². The minimum Gasteiger partial charge on any atom is -0.497 e. The van der Waals surface area contributed by atoms with Gasteiger partial charge in [-0.3, -0.25) is 13.9 Å². The lowest BCUT2D eigenvalue weighted by molar-refractivity contribution is -0.140. The Labute approximate surface area is 229 Å². The van der Waals surface area contributed by atoms with Crippen LogP contribution in [0, 0.1) is 5.82 Å². The van der Waals surface area contributed by atoms with Gasteiger partial charge in [-0.05, 0) is 81.8 Å². The Morgan fingerprint density at radius 1 is 0.974 bits per heavy atom. The molecule has 10 heteroatoms. The number of nitrogens with zero attached hydrogens (tertiary/aromatic N) is 2. The van der Waals surface area contributed by atoms with Crippen molar-refractivity contribution >= 4 is 27.5 Å². The van der Waals surface area contributed by atoms with Crippen LogP contribution in [0.2, 0.25) is 0 Å². The summed E-state index contributed by atoms with van der Waals surface area (Å²) in [6, 6.07) is 18.6. The van der Waals surface area contributed by atoms with Gasteiger partial charge in [-0.2, -0.15) is 0 Å². The summed E-state index contributed by atoms with van der Waals surface area (Å²) in [7, 11) is -2.69. The van der Waals surface area contributed by atoms with Gasteiger partial charge in [0.1, 0.15) is 24.2 Å². The number of ether oxygens (including phenoxy) is 1. The predicted molar refractivity (Wildman–Crippen MR) is 148 cm³/mol. The number of hydrogen-bond donors (Lipinski definition) is 1. The van der Waals surface area contributed by atoms with Gasteiger partial charge < -0.3 is 15.0 Å². The molecule has 0 radical (unpaired) electrons. The first kappa shape index (κ1) is 29.6. The van der Waals surface area contributed by atoms with Crippen LogP contribution in [0.1, 0.15) is 33.3 Å². The molecule has 0 unspecified atom stereocenters. The van der Waals surface area contributed by atoms with Crippen LogP contribution in [-0.4, -0.2) is 50.4 Å². The highest BCUT2D eigenvalue weighted by Crippen LogP contribution is 2.25. The number of amides is 2. The number of methoxy groups -OCH3 is 1. The zero-order valence-electron chi connectivity index (χ0n) is 22.7. The molecule has 0 aliphatic rings. The fraction of sp³-hybridized carbons (Fsp3) is 0.310. The average Bonchev–Trinajstić information content (AvgIpc) is 2.90. The van der Waals surface area contributed by atoms with E-state index < -0.39 is 45.8 Å². The lowest BCUT2D eigenvalue weighted by Gasteiger charge is -2.33. The standard InChI is InChI=1S/C29H34FN3O5S/c1-21(28(35)31-29(2,3)4)32(19-22-10-9-11-25(18-22)38-5)27(34)20-33(24-16-14-23(30)15-17-24)39(36,37)26-12-7-6-8-13-26/h6-18,21H,19-20H2,1-5H3,(H,31,35)/t21-/m1/s1. The summed E-state index contributed by atoms with van der Waals surface area (Å²) in [6.07, 6.45) is 0. The third-order valence-electron chi connectivity index (χ3n) is 5.88. The van der Waals surface area contributed by atoms with E-state index in [1.54, 1.807) is 49.4 Å². The van der Waals surface area contributed by atoms with E-state index in [4.69, 9.17) is 4.74 Å². The number of hydrogen-bond acceptors (Lipinski definition) is 5. The molecule has 3 aromatic rings. The van der Waals surface area contributed by atoms with Crippen molar-refractivity contribution in [1.82, 2.24) is 10.2 Å². The molecule has 0 bridgehead atoms. The Morgan fingerprint density at radius 2 is 1.62 bits per heavy atom. The average molecular weight is 556 g/mol. The summed E-state index contributed by atoms with van der Waals surface area (Å²) in [4.78, 5) is 28.3. The SMILES string of the molecule is COc1cccc(CN(C(=O)CN(c2ccc(F)cc2)S(=O)(=O)c2ccccc2)[C@H](C)C(=O)NC(C)(C)C)c1. The first-order chi connectivity index (χ1) is 18.3. The summed E-state index contributed by atoms with van der Waals surface area (Å²) in [6.45, 7) is 6.49. The molecule has 0 fully saturated rings. The Kier molecular flexibility index (Phi) is 9.34. The van der Waals surface area contributed by atoms with Crippen molar-refractivity contribution in [3.63, 3.8) is 0 Å². The summed E-state index contributed by atoms with van der Waals surface area (Å²) in [5.74, 6) is -0.975. The fourth-order valence-corrected chi connectivity index (χ4v) is 5.32. The van der Waals surface area contributed by atoms with Crippen molar-refractivity contribution in [2.24, 2.45) is 0 Å². The molecule has 0 aromatic heterocycles. The molecule has 208 valence electrons. The molecule has 8 nitrogen and oxygen atoms in total. The Morgan fingerprint density at radius 3 is 2.21 bits per heavy atom. The van der Waals surface area contributed by atoms with Gasteiger partial charge in [-0.25, -0.2) is 12.8 Å². The van der Waals surface area contributed by atoms with Crippen LogP contribution in [0.3, 0.4) is 0 Å². The molecule has 0 aliphatic carbocycles.